The molecule has 1 atom stereocenters. The summed E-state index contributed by atoms with van der Waals surface area (Å²) in [6, 6.07) is 17.1. The number of nitrogens with one attached hydrogen (secondary N) is 1. The molecule has 21 heavy (non-hydrogen) atoms. The Morgan fingerprint density at radius 2 is 1.81 bits per heavy atom. The van der Waals surface area contributed by atoms with Crippen LogP contribution in [0.1, 0.15) is 24.1 Å². The predicted molar refractivity (Wildman–Crippen MR) is 91.3 cm³/mol. The average molecular weight is 301 g/mol. The largest absolute Gasteiger partial charge is 0.494 e. The smallest absolute Gasteiger partial charge is 0.124 e. The molecule has 0 heterocycles. The molecule has 0 bridgehead atoms. The fourth-order valence-electron chi connectivity index (χ4n) is 2.28. The van der Waals surface area contributed by atoms with E-state index in [1.165, 1.54) is 16.0 Å². The minimum atomic E-state index is 0.275. The van der Waals surface area contributed by atoms with Gasteiger partial charge in [0.15, 0.2) is 0 Å². The van der Waals surface area contributed by atoms with Crippen molar-refractivity contribution in [3.63, 3.8) is 0 Å². The molecule has 2 aromatic rings. The van der Waals surface area contributed by atoms with Crippen molar-refractivity contribution in [1.29, 1.82) is 0 Å². The van der Waals surface area contributed by atoms with Crippen molar-refractivity contribution in [3.05, 3.63) is 59.7 Å². The van der Waals surface area contributed by atoms with E-state index in [2.05, 4.69) is 48.6 Å². The van der Waals surface area contributed by atoms with Gasteiger partial charge >= 0.3 is 0 Å². The van der Waals surface area contributed by atoms with Gasteiger partial charge in [-0.3, -0.25) is 0 Å². The van der Waals surface area contributed by atoms with E-state index in [1.807, 2.05) is 37.9 Å². The van der Waals surface area contributed by atoms with Crippen LogP contribution < -0.4 is 10.1 Å². The topological polar surface area (TPSA) is 21.3 Å². The predicted octanol–water partition coefficient (Wildman–Crippen LogP) is 4.45. The lowest BCUT2D eigenvalue weighted by Crippen LogP contribution is -2.19. The molecule has 2 aromatic carbocycles. The highest BCUT2D eigenvalue weighted by atomic mass is 32.2. The van der Waals surface area contributed by atoms with Crippen molar-refractivity contribution >= 4 is 11.8 Å². The molecule has 0 amide bonds. The van der Waals surface area contributed by atoms with Crippen LogP contribution >= 0.6 is 11.8 Å². The van der Waals surface area contributed by atoms with Gasteiger partial charge in [0.1, 0.15) is 5.75 Å². The number of rotatable bonds is 7. The Morgan fingerprint density at radius 3 is 2.52 bits per heavy atom. The number of hydrogen-bond donors (Lipinski definition) is 1. The van der Waals surface area contributed by atoms with Gasteiger partial charge in [0.2, 0.25) is 0 Å². The monoisotopic (exact) mass is 301 g/mol. The quantitative estimate of drug-likeness (QED) is 0.764. The Bertz CT molecular complexity index is 571. The SMILES string of the molecule is CCOc1ccccc1C(CSc1ccccc1C)NC. The van der Waals surface area contributed by atoms with Crippen LogP contribution in [0.25, 0.3) is 0 Å². The number of aryl methyl sites for hydroxylation is 1. The van der Waals surface area contributed by atoms with Crippen LogP contribution in [-0.4, -0.2) is 19.4 Å². The van der Waals surface area contributed by atoms with E-state index in [1.54, 1.807) is 0 Å². The molecule has 0 fully saturated rings. The number of hydrogen-bond acceptors (Lipinski definition) is 3. The van der Waals surface area contributed by atoms with Crippen molar-refractivity contribution in [2.24, 2.45) is 0 Å². The Hall–Kier alpha value is -1.45. The molecule has 0 aliphatic rings. The number of ether oxygens (including phenoxy) is 1. The van der Waals surface area contributed by atoms with E-state index >= 15 is 0 Å². The lowest BCUT2D eigenvalue weighted by molar-refractivity contribution is 0.333. The Morgan fingerprint density at radius 1 is 1.10 bits per heavy atom. The summed E-state index contributed by atoms with van der Waals surface area (Å²) in [7, 11) is 2.01. The molecule has 1 N–H and O–H groups in total. The van der Waals surface area contributed by atoms with Crippen molar-refractivity contribution < 1.29 is 4.74 Å². The fraction of sp³-hybridized carbons (Fsp3) is 0.333. The molecule has 0 saturated heterocycles. The summed E-state index contributed by atoms with van der Waals surface area (Å²) in [5.41, 5.74) is 2.55. The van der Waals surface area contributed by atoms with Crippen molar-refractivity contribution in [2.45, 2.75) is 24.8 Å². The maximum absolute atomic E-state index is 5.75. The first kappa shape index (κ1) is 15.9. The normalized spacial score (nSPS) is 12.1. The van der Waals surface area contributed by atoms with E-state index in [-0.39, 0.29) is 6.04 Å². The molecule has 0 radical (unpaired) electrons. The van der Waals surface area contributed by atoms with Gasteiger partial charge in [-0.2, -0.15) is 0 Å². The third kappa shape index (κ3) is 4.26. The van der Waals surface area contributed by atoms with Crippen LogP contribution in [0, 0.1) is 6.92 Å². The Balaban J connectivity index is 2.12. The van der Waals surface area contributed by atoms with Gasteiger partial charge in [0.25, 0.3) is 0 Å². The summed E-state index contributed by atoms with van der Waals surface area (Å²) in [5.74, 6) is 1.95. The van der Waals surface area contributed by atoms with Gasteiger partial charge in [-0.15, -0.1) is 11.8 Å². The van der Waals surface area contributed by atoms with Crippen LogP contribution in [0.3, 0.4) is 0 Å². The summed E-state index contributed by atoms with van der Waals surface area (Å²) in [6.45, 7) is 4.87. The first-order valence-electron chi connectivity index (χ1n) is 7.33. The average Bonchev–Trinajstić information content (AvgIpc) is 2.51. The molecule has 1 unspecified atom stereocenters. The number of para-hydroxylation sites is 1. The molecule has 0 saturated carbocycles. The maximum atomic E-state index is 5.75. The second-order valence-corrected chi connectivity index (χ2v) is 5.95. The zero-order chi connectivity index (χ0) is 15.1. The first-order chi connectivity index (χ1) is 10.3. The van der Waals surface area contributed by atoms with Crippen LogP contribution in [0.5, 0.6) is 5.75 Å². The number of thioether (sulfide) groups is 1. The zero-order valence-electron chi connectivity index (χ0n) is 12.9. The fourth-order valence-corrected chi connectivity index (χ4v) is 3.44. The molecule has 0 spiro atoms. The van der Waals surface area contributed by atoms with Crippen LogP contribution in [0.15, 0.2) is 53.4 Å². The standard InChI is InChI=1S/C18H23NOS/c1-4-20-17-11-7-6-10-15(17)16(19-3)13-21-18-12-8-5-9-14(18)2/h5-12,16,19H,4,13H2,1-3H3. The van der Waals surface area contributed by atoms with E-state index in [0.29, 0.717) is 6.61 Å². The third-order valence-corrected chi connectivity index (χ3v) is 4.71. The van der Waals surface area contributed by atoms with Gasteiger partial charge in [-0.05, 0) is 38.6 Å². The van der Waals surface area contributed by atoms with Crippen LogP contribution in [0.4, 0.5) is 0 Å². The highest BCUT2D eigenvalue weighted by Gasteiger charge is 2.15. The van der Waals surface area contributed by atoms with Crippen LogP contribution in [0.2, 0.25) is 0 Å². The van der Waals surface area contributed by atoms with Gasteiger partial charge in [-0.1, -0.05) is 36.4 Å². The molecular weight excluding hydrogens is 278 g/mol. The summed E-state index contributed by atoms with van der Waals surface area (Å²) < 4.78 is 5.75. The summed E-state index contributed by atoms with van der Waals surface area (Å²) in [4.78, 5) is 1.34. The lowest BCUT2D eigenvalue weighted by atomic mass is 10.1. The van der Waals surface area contributed by atoms with Gasteiger partial charge < -0.3 is 10.1 Å². The third-order valence-electron chi connectivity index (χ3n) is 3.44. The van der Waals surface area contributed by atoms with E-state index in [9.17, 15) is 0 Å². The molecule has 112 valence electrons. The maximum Gasteiger partial charge on any atom is 0.124 e. The summed E-state index contributed by atoms with van der Waals surface area (Å²) >= 11 is 1.88. The highest BCUT2D eigenvalue weighted by molar-refractivity contribution is 7.99. The minimum absolute atomic E-state index is 0.275. The van der Waals surface area contributed by atoms with Gasteiger partial charge in [-0.25, -0.2) is 0 Å². The van der Waals surface area contributed by atoms with E-state index in [0.717, 1.165) is 11.5 Å². The Labute approximate surface area is 131 Å². The van der Waals surface area contributed by atoms with Crippen molar-refractivity contribution in [3.8, 4) is 5.75 Å². The molecule has 0 aliphatic carbocycles. The molecule has 0 aliphatic heterocycles. The molecule has 0 aromatic heterocycles. The highest BCUT2D eigenvalue weighted by Crippen LogP contribution is 2.31. The van der Waals surface area contributed by atoms with Gasteiger partial charge in [0.05, 0.1) is 6.61 Å². The summed E-state index contributed by atoms with van der Waals surface area (Å²) in [5, 5.41) is 3.41. The number of benzene rings is 2. The minimum Gasteiger partial charge on any atom is -0.494 e. The Kier molecular flexibility index (Phi) is 6.15. The second kappa shape index (κ2) is 8.11. The van der Waals surface area contributed by atoms with Gasteiger partial charge in [0, 0.05) is 22.3 Å². The zero-order valence-corrected chi connectivity index (χ0v) is 13.7. The molecule has 3 heteroatoms. The second-order valence-electron chi connectivity index (χ2n) is 4.89. The first-order valence-corrected chi connectivity index (χ1v) is 8.32. The van der Waals surface area contributed by atoms with E-state index < -0.39 is 0 Å². The summed E-state index contributed by atoms with van der Waals surface area (Å²) in [6.07, 6.45) is 0. The molecule has 2 nitrogen and oxygen atoms in total. The lowest BCUT2D eigenvalue weighted by Gasteiger charge is -2.20. The molecular formula is C18H23NOS. The van der Waals surface area contributed by atoms with Crippen molar-refractivity contribution in [2.75, 3.05) is 19.4 Å². The van der Waals surface area contributed by atoms with E-state index in [4.69, 9.17) is 4.74 Å². The van der Waals surface area contributed by atoms with Crippen LogP contribution in [-0.2, 0) is 0 Å². The molecule has 2 rings (SSSR count). The van der Waals surface area contributed by atoms with Crippen molar-refractivity contribution in [1.82, 2.24) is 5.32 Å².